The van der Waals surface area contributed by atoms with E-state index in [1.807, 2.05) is 13.0 Å². The number of Topliss-reactive ketones (excluding diaryl/α,β-unsaturated/α-hetero) is 1. The van der Waals surface area contributed by atoms with Crippen LogP contribution in [0.1, 0.15) is 62.4 Å². The number of aliphatic hydroxyl groups excluding tert-OH is 2. The number of benzene rings is 3. The highest BCUT2D eigenvalue weighted by Crippen LogP contribution is 2.43. The third-order valence-corrected chi connectivity index (χ3v) is 14.5. The molecule has 0 bridgehead atoms. The second kappa shape index (κ2) is 20.5. The first-order chi connectivity index (χ1) is 33.1. The second-order valence-corrected chi connectivity index (χ2v) is 19.8. The molecule has 1 aromatic heterocycles. The standard InChI is InChI=1S/C31H33N3O11.C16H16Cl2N2O4S/c1-14-7-6-8-18-19(14)9-17(42-5)10-20(18)30(41)45-27(31(4)13-43-31)29(40)33-23(28(39)32-21(12-35)15(2)36)24-26(44-16(3)37)25(38)22-11-34(22)24;17-13-8-19-15(18)12-7-9(5-6-10(12)13)25(23,24)20-14-4-2-1-3-11(14)16(21)22/h6-10,12,22,25-27,35,38H,11,13H2,1-5H3,(H,32,39)(H,33,40);5-8,11,14,20H,1-4H2,(H,21,22)/b21-12-,24-23+;/t22-,25+,26+,27+,31-,34?;/m0./s1. The van der Waals surface area contributed by atoms with Gasteiger partial charge >= 0.3 is 17.9 Å². The summed E-state index contributed by atoms with van der Waals surface area (Å²) in [5.41, 5.74) is -1.25. The molecule has 3 aromatic carbocycles. The lowest BCUT2D eigenvalue weighted by atomic mass is 9.85. The third-order valence-electron chi connectivity index (χ3n) is 12.4. The topological polar surface area (TPSA) is 289 Å². The number of epoxide rings is 1. The molecule has 372 valence electrons. The highest BCUT2D eigenvalue weighted by atomic mass is 35.5. The van der Waals surface area contributed by atoms with E-state index in [-0.39, 0.29) is 34.5 Å². The van der Waals surface area contributed by atoms with Gasteiger partial charge in [0.05, 0.1) is 46.9 Å². The van der Waals surface area contributed by atoms with Crippen molar-refractivity contribution in [3.05, 3.63) is 99.4 Å². The number of carboxylic acid groups (broad SMARTS) is 1. The van der Waals surface area contributed by atoms with Crippen LogP contribution in [0.25, 0.3) is 21.5 Å². The summed E-state index contributed by atoms with van der Waals surface area (Å²) < 4.78 is 49.9. The molecule has 6 N–H and O–H groups in total. The van der Waals surface area contributed by atoms with Crippen LogP contribution >= 0.6 is 23.2 Å². The number of aromatic nitrogens is 1. The van der Waals surface area contributed by atoms with Gasteiger partial charge in [-0.2, -0.15) is 0 Å². The smallest absolute Gasteiger partial charge is 0.339 e. The Bertz CT molecular complexity index is 3000. The first-order valence-corrected chi connectivity index (χ1v) is 24.1. The zero-order valence-electron chi connectivity index (χ0n) is 38.3. The number of piperidine rings is 1. The van der Waals surface area contributed by atoms with Crippen molar-refractivity contribution in [3.8, 4) is 5.75 Å². The zero-order chi connectivity index (χ0) is 51.0. The number of nitrogens with one attached hydrogen (secondary N) is 3. The maximum atomic E-state index is 13.9. The number of ether oxygens (including phenoxy) is 4. The van der Waals surface area contributed by atoms with Crippen molar-refractivity contribution in [3.63, 3.8) is 0 Å². The van der Waals surface area contributed by atoms with Gasteiger partial charge in [0.1, 0.15) is 40.3 Å². The third kappa shape index (κ3) is 10.8. The number of methoxy groups -OCH3 is 1. The van der Waals surface area contributed by atoms with E-state index in [9.17, 15) is 52.5 Å². The maximum Gasteiger partial charge on any atom is 0.339 e. The Balaban J connectivity index is 0.000000243. The summed E-state index contributed by atoms with van der Waals surface area (Å²) in [5, 5.41) is 37.1. The number of fused-ring (bicyclic) bond motifs is 3. The molecule has 2 amide bonds. The van der Waals surface area contributed by atoms with Crippen LogP contribution in [0, 0.1) is 12.8 Å². The summed E-state index contributed by atoms with van der Waals surface area (Å²) in [6.45, 7) is 5.99. The predicted molar refractivity (Wildman–Crippen MR) is 251 cm³/mol. The fourth-order valence-electron chi connectivity index (χ4n) is 8.51. The molecule has 4 aliphatic rings. The summed E-state index contributed by atoms with van der Waals surface area (Å²) in [6, 6.07) is 11.9. The van der Waals surface area contributed by atoms with Gasteiger partial charge in [-0.15, -0.1) is 0 Å². The first kappa shape index (κ1) is 51.5. The Kier molecular flexibility index (Phi) is 15.1. The molecule has 1 aliphatic carbocycles. The Hall–Kier alpha value is -6.36. The molecule has 3 saturated heterocycles. The Morgan fingerprint density at radius 2 is 1.70 bits per heavy atom. The van der Waals surface area contributed by atoms with Gasteiger partial charge in [0.25, 0.3) is 11.8 Å². The SMILES string of the molecule is COc1cc(C(=O)O[C@H](C(=O)N/C(C(=O)N/C(=C\O)C(C)=O)=C2\[C@@H](OC(C)=O)[C@H](O)[C@@H]3CN23)[C@]2(C)CO2)c2cccc(C)c2c1.O=C(O)C1CCCCC1NS(=O)(=O)c1ccc2c(Cl)cnc(Cl)c2c1. The summed E-state index contributed by atoms with van der Waals surface area (Å²) in [6.07, 6.45) is 0.200. The average Bonchev–Trinajstić information content (AvgIpc) is 4.25. The lowest BCUT2D eigenvalue weighted by molar-refractivity contribution is -0.149. The molecule has 0 spiro atoms. The summed E-state index contributed by atoms with van der Waals surface area (Å²) in [4.78, 5) is 81.7. The number of allylic oxidation sites excluding steroid dienone is 1. The van der Waals surface area contributed by atoms with Crippen LogP contribution in [-0.4, -0.2) is 125 Å². The van der Waals surface area contributed by atoms with E-state index in [4.69, 9.17) is 42.1 Å². The monoisotopic (exact) mass is 1030 g/mol. The van der Waals surface area contributed by atoms with E-state index in [1.54, 1.807) is 36.1 Å². The summed E-state index contributed by atoms with van der Waals surface area (Å²) >= 11 is 12.1. The van der Waals surface area contributed by atoms with Crippen LogP contribution in [0.4, 0.5) is 0 Å². The number of carboxylic acids is 1. The van der Waals surface area contributed by atoms with Crippen LogP contribution in [0.3, 0.4) is 0 Å². The molecule has 4 aromatic rings. The van der Waals surface area contributed by atoms with E-state index < -0.39 is 98.8 Å². The number of sulfonamides is 1. The van der Waals surface area contributed by atoms with Crippen molar-refractivity contribution >= 4 is 90.3 Å². The number of esters is 2. The minimum atomic E-state index is -3.89. The number of nitrogens with zero attached hydrogens (tertiary/aromatic N) is 2. The lowest BCUT2D eigenvalue weighted by Gasteiger charge is -2.29. The zero-order valence-corrected chi connectivity index (χ0v) is 40.6. The van der Waals surface area contributed by atoms with E-state index in [0.717, 1.165) is 37.6 Å². The van der Waals surface area contributed by atoms with E-state index in [2.05, 4.69) is 20.3 Å². The number of carbonyl (C=O) groups is 6. The number of rotatable bonds is 14. The van der Waals surface area contributed by atoms with Crippen LogP contribution in [0.5, 0.6) is 5.75 Å². The van der Waals surface area contributed by atoms with E-state index >= 15 is 0 Å². The van der Waals surface area contributed by atoms with Crippen molar-refractivity contribution in [2.24, 2.45) is 5.92 Å². The number of hydrogen-bond donors (Lipinski definition) is 6. The predicted octanol–water partition coefficient (Wildman–Crippen LogP) is 4.36. The fraction of sp³-hybridized carbons (Fsp3) is 0.383. The molecule has 0 radical (unpaired) electrons. The molecule has 1 saturated carbocycles. The molecular formula is C47H49Cl2N5O15S. The maximum absolute atomic E-state index is 13.9. The van der Waals surface area contributed by atoms with Crippen LogP contribution in [-0.2, 0) is 48.2 Å². The van der Waals surface area contributed by atoms with Crippen molar-refractivity contribution in [2.45, 2.75) is 94.3 Å². The van der Waals surface area contributed by atoms with Crippen molar-refractivity contribution in [1.29, 1.82) is 0 Å². The van der Waals surface area contributed by atoms with E-state index in [0.29, 0.717) is 46.0 Å². The number of hydrogen-bond acceptors (Lipinski definition) is 16. The van der Waals surface area contributed by atoms with Crippen LogP contribution in [0.15, 0.2) is 83.0 Å². The van der Waals surface area contributed by atoms with Gasteiger partial charge in [-0.3, -0.25) is 24.0 Å². The Morgan fingerprint density at radius 1 is 0.986 bits per heavy atom. The summed E-state index contributed by atoms with van der Waals surface area (Å²) in [5.74, 6) is -5.65. The molecule has 4 heterocycles. The average molecular weight is 1030 g/mol. The van der Waals surface area contributed by atoms with Gasteiger partial charge in [-0.25, -0.2) is 22.9 Å². The molecule has 70 heavy (non-hydrogen) atoms. The van der Waals surface area contributed by atoms with Gasteiger partial charge in [0, 0.05) is 43.4 Å². The van der Waals surface area contributed by atoms with Crippen molar-refractivity contribution in [1.82, 2.24) is 25.2 Å². The molecule has 4 fully saturated rings. The second-order valence-electron chi connectivity index (χ2n) is 17.3. The largest absolute Gasteiger partial charge is 0.513 e. The Morgan fingerprint density at radius 3 is 2.34 bits per heavy atom. The van der Waals surface area contributed by atoms with Crippen molar-refractivity contribution in [2.75, 3.05) is 20.3 Å². The molecule has 3 aliphatic heterocycles. The highest BCUT2D eigenvalue weighted by Gasteiger charge is 2.59. The van der Waals surface area contributed by atoms with Gasteiger partial charge in [-0.1, -0.05) is 60.3 Å². The number of aliphatic carboxylic acids is 1. The molecule has 20 nitrogen and oxygen atoms in total. The van der Waals surface area contributed by atoms with Gasteiger partial charge < -0.3 is 49.8 Å². The molecule has 23 heteroatoms. The van der Waals surface area contributed by atoms with Crippen LogP contribution in [0.2, 0.25) is 10.2 Å². The lowest BCUT2D eigenvalue weighted by Crippen LogP contribution is -2.49. The number of pyridine rings is 1. The molecule has 2 unspecified atom stereocenters. The summed E-state index contributed by atoms with van der Waals surface area (Å²) in [7, 11) is -2.43. The van der Waals surface area contributed by atoms with Gasteiger partial charge in [-0.05, 0) is 67.3 Å². The minimum absolute atomic E-state index is 0.000629. The number of ketones is 1. The molecule has 7 atom stereocenters. The fourth-order valence-corrected chi connectivity index (χ4v) is 10.3. The Labute approximate surface area is 410 Å². The van der Waals surface area contributed by atoms with Crippen molar-refractivity contribution < 1.29 is 71.5 Å². The van der Waals surface area contributed by atoms with Gasteiger partial charge in [0.15, 0.2) is 11.9 Å². The number of carbonyl (C=O) groups excluding carboxylic acids is 5. The number of aliphatic hydroxyl groups is 2. The number of halogens is 2. The number of aryl methyl sites for hydroxylation is 1. The minimum Gasteiger partial charge on any atom is -0.513 e. The quantitative estimate of drug-likeness (QED) is 0.0336. The van der Waals surface area contributed by atoms with Crippen LogP contribution < -0.4 is 20.1 Å². The van der Waals surface area contributed by atoms with E-state index in [1.165, 1.54) is 31.5 Å². The molecular weight excluding hydrogens is 978 g/mol. The normalized spacial score (nSPS) is 23.7. The first-order valence-electron chi connectivity index (χ1n) is 21.8. The van der Waals surface area contributed by atoms with Gasteiger partial charge in [0.2, 0.25) is 16.1 Å². The number of amides is 2. The highest BCUT2D eigenvalue weighted by molar-refractivity contribution is 7.89. The molecule has 8 rings (SSSR count).